The molecule has 1 heterocycles. The van der Waals surface area contributed by atoms with Crippen molar-refractivity contribution in [2.75, 3.05) is 7.11 Å². The highest BCUT2D eigenvalue weighted by Crippen LogP contribution is 2.31. The third kappa shape index (κ3) is 4.18. The molecule has 0 amide bonds. The number of rotatable bonds is 7. The molecular weight excluding hydrogens is 400 g/mol. The van der Waals surface area contributed by atoms with Crippen molar-refractivity contribution in [2.24, 2.45) is 0 Å². The number of hydrogen-bond donors (Lipinski definition) is 0. The van der Waals surface area contributed by atoms with Crippen LogP contribution in [0.15, 0.2) is 84.0 Å². The third-order valence-corrected chi connectivity index (χ3v) is 5.49. The number of nitro groups is 1. The molecule has 0 aliphatic carbocycles. The van der Waals surface area contributed by atoms with Crippen molar-refractivity contribution in [3.05, 3.63) is 94.5 Å². The highest BCUT2D eigenvalue weighted by atomic mass is 32.2. The first-order valence-electron chi connectivity index (χ1n) is 9.17. The summed E-state index contributed by atoms with van der Waals surface area (Å²) in [6.45, 7) is 0. The summed E-state index contributed by atoms with van der Waals surface area (Å²) in [5.41, 5.74) is 2.90. The van der Waals surface area contributed by atoms with Crippen LogP contribution in [-0.4, -0.2) is 26.8 Å². The highest BCUT2D eigenvalue weighted by Gasteiger charge is 2.17. The first kappa shape index (κ1) is 19.7. The van der Waals surface area contributed by atoms with Crippen molar-refractivity contribution in [3.8, 4) is 22.8 Å². The SMILES string of the molecule is COc1cccc(-c2nnc(SCc3ccc([N+](=O)[O-])cc3)n2-c2ccccc2)c1. The van der Waals surface area contributed by atoms with Crippen LogP contribution in [0.3, 0.4) is 0 Å². The molecule has 30 heavy (non-hydrogen) atoms. The molecule has 0 spiro atoms. The summed E-state index contributed by atoms with van der Waals surface area (Å²) in [6, 6.07) is 24.1. The van der Waals surface area contributed by atoms with Gasteiger partial charge in [-0.2, -0.15) is 0 Å². The Kier molecular flexibility index (Phi) is 5.76. The largest absolute Gasteiger partial charge is 0.497 e. The molecule has 8 heteroatoms. The molecule has 0 aliphatic rings. The standard InChI is InChI=1S/C22H18N4O3S/c1-29-20-9-5-6-17(14-20)21-23-24-22(25(21)18-7-3-2-4-8-18)30-15-16-10-12-19(13-11-16)26(27)28/h2-14H,15H2,1H3. The number of nitro benzene ring substituents is 1. The predicted octanol–water partition coefficient (Wildman–Crippen LogP) is 5.14. The molecule has 0 saturated carbocycles. The van der Waals surface area contributed by atoms with Gasteiger partial charge in [-0.05, 0) is 29.8 Å². The fraction of sp³-hybridized carbons (Fsp3) is 0.0909. The number of ether oxygens (including phenoxy) is 1. The predicted molar refractivity (Wildman–Crippen MR) is 116 cm³/mol. The van der Waals surface area contributed by atoms with Gasteiger partial charge < -0.3 is 4.74 Å². The van der Waals surface area contributed by atoms with Crippen LogP contribution in [0.5, 0.6) is 5.75 Å². The maximum atomic E-state index is 10.8. The van der Waals surface area contributed by atoms with E-state index >= 15 is 0 Å². The normalized spacial score (nSPS) is 10.7. The molecule has 4 rings (SSSR count). The summed E-state index contributed by atoms with van der Waals surface area (Å²) in [7, 11) is 1.63. The molecule has 1 aromatic heterocycles. The molecular formula is C22H18N4O3S. The van der Waals surface area contributed by atoms with Gasteiger partial charge in [0, 0.05) is 29.1 Å². The zero-order valence-electron chi connectivity index (χ0n) is 16.1. The van der Waals surface area contributed by atoms with Gasteiger partial charge in [0.25, 0.3) is 5.69 Å². The van der Waals surface area contributed by atoms with Crippen LogP contribution >= 0.6 is 11.8 Å². The number of thioether (sulfide) groups is 1. The lowest BCUT2D eigenvalue weighted by Crippen LogP contribution is -2.00. The van der Waals surface area contributed by atoms with E-state index in [1.807, 2.05) is 59.2 Å². The Labute approximate surface area is 177 Å². The van der Waals surface area contributed by atoms with Crippen molar-refractivity contribution in [2.45, 2.75) is 10.9 Å². The minimum atomic E-state index is -0.399. The Hall–Kier alpha value is -3.65. The maximum absolute atomic E-state index is 10.8. The van der Waals surface area contributed by atoms with Crippen LogP contribution in [0.25, 0.3) is 17.1 Å². The van der Waals surface area contributed by atoms with Crippen molar-refractivity contribution < 1.29 is 9.66 Å². The third-order valence-electron chi connectivity index (χ3n) is 4.49. The van der Waals surface area contributed by atoms with Crippen LogP contribution in [0, 0.1) is 10.1 Å². The Balaban J connectivity index is 1.67. The molecule has 0 atom stereocenters. The molecule has 0 radical (unpaired) electrons. The topological polar surface area (TPSA) is 83.1 Å². The van der Waals surface area contributed by atoms with Gasteiger partial charge in [-0.3, -0.25) is 14.7 Å². The quantitative estimate of drug-likeness (QED) is 0.235. The summed E-state index contributed by atoms with van der Waals surface area (Å²) in [4.78, 5) is 10.4. The lowest BCUT2D eigenvalue weighted by Gasteiger charge is -2.11. The second-order valence-electron chi connectivity index (χ2n) is 6.42. The Morgan fingerprint density at radius 1 is 1.00 bits per heavy atom. The van der Waals surface area contributed by atoms with Gasteiger partial charge in [0.2, 0.25) is 0 Å². The fourth-order valence-corrected chi connectivity index (χ4v) is 3.89. The fourth-order valence-electron chi connectivity index (χ4n) is 2.98. The van der Waals surface area contributed by atoms with Crippen LogP contribution in [-0.2, 0) is 5.75 Å². The number of para-hydroxylation sites is 1. The minimum Gasteiger partial charge on any atom is -0.497 e. The molecule has 0 bridgehead atoms. The van der Waals surface area contributed by atoms with Crippen LogP contribution in [0.2, 0.25) is 0 Å². The van der Waals surface area contributed by atoms with E-state index in [9.17, 15) is 10.1 Å². The van der Waals surface area contributed by atoms with Gasteiger partial charge in [0.15, 0.2) is 11.0 Å². The number of methoxy groups -OCH3 is 1. The lowest BCUT2D eigenvalue weighted by atomic mass is 10.2. The molecule has 0 saturated heterocycles. The second-order valence-corrected chi connectivity index (χ2v) is 7.36. The highest BCUT2D eigenvalue weighted by molar-refractivity contribution is 7.98. The summed E-state index contributed by atoms with van der Waals surface area (Å²) in [6.07, 6.45) is 0. The average Bonchev–Trinajstić information content (AvgIpc) is 3.22. The van der Waals surface area contributed by atoms with Crippen molar-refractivity contribution >= 4 is 17.4 Å². The summed E-state index contributed by atoms with van der Waals surface area (Å²) < 4.78 is 7.35. The zero-order chi connectivity index (χ0) is 20.9. The summed E-state index contributed by atoms with van der Waals surface area (Å²) >= 11 is 1.52. The van der Waals surface area contributed by atoms with Crippen LogP contribution in [0.1, 0.15) is 5.56 Å². The number of hydrogen-bond acceptors (Lipinski definition) is 6. The molecule has 0 fully saturated rings. The van der Waals surface area contributed by atoms with Gasteiger partial charge in [0.05, 0.1) is 12.0 Å². The molecule has 0 aliphatic heterocycles. The Bertz CT molecular complexity index is 1160. The molecule has 0 unspecified atom stereocenters. The number of aromatic nitrogens is 3. The maximum Gasteiger partial charge on any atom is 0.269 e. The van der Waals surface area contributed by atoms with Crippen molar-refractivity contribution in [1.82, 2.24) is 14.8 Å². The van der Waals surface area contributed by atoms with E-state index in [1.165, 1.54) is 23.9 Å². The zero-order valence-corrected chi connectivity index (χ0v) is 17.0. The molecule has 150 valence electrons. The Morgan fingerprint density at radius 2 is 1.77 bits per heavy atom. The van der Waals surface area contributed by atoms with Crippen molar-refractivity contribution in [1.29, 1.82) is 0 Å². The van der Waals surface area contributed by atoms with Crippen LogP contribution < -0.4 is 4.74 Å². The van der Waals surface area contributed by atoms with Crippen LogP contribution in [0.4, 0.5) is 5.69 Å². The van der Waals surface area contributed by atoms with Gasteiger partial charge >= 0.3 is 0 Å². The van der Waals surface area contributed by atoms with E-state index in [4.69, 9.17) is 4.74 Å². The molecule has 7 nitrogen and oxygen atoms in total. The van der Waals surface area contributed by atoms with Gasteiger partial charge in [0.1, 0.15) is 5.75 Å². The first-order valence-corrected chi connectivity index (χ1v) is 10.2. The summed E-state index contributed by atoms with van der Waals surface area (Å²) in [5.74, 6) is 2.07. The average molecular weight is 418 g/mol. The van der Waals surface area contributed by atoms with E-state index < -0.39 is 4.92 Å². The second kappa shape index (κ2) is 8.79. The monoisotopic (exact) mass is 418 g/mol. The number of nitrogens with zero attached hydrogens (tertiary/aromatic N) is 4. The van der Waals surface area contributed by atoms with Gasteiger partial charge in [-0.15, -0.1) is 10.2 Å². The molecule has 4 aromatic rings. The number of non-ortho nitro benzene ring substituents is 1. The van der Waals surface area contributed by atoms with Gasteiger partial charge in [-0.1, -0.05) is 54.2 Å². The van der Waals surface area contributed by atoms with Crippen molar-refractivity contribution in [3.63, 3.8) is 0 Å². The van der Waals surface area contributed by atoms with E-state index in [-0.39, 0.29) is 5.69 Å². The van der Waals surface area contributed by atoms with Gasteiger partial charge in [-0.25, -0.2) is 0 Å². The van der Waals surface area contributed by atoms with E-state index in [2.05, 4.69) is 10.2 Å². The lowest BCUT2D eigenvalue weighted by molar-refractivity contribution is -0.384. The Morgan fingerprint density at radius 3 is 2.47 bits per heavy atom. The molecule has 3 aromatic carbocycles. The van der Waals surface area contributed by atoms with E-state index in [0.29, 0.717) is 11.6 Å². The smallest absolute Gasteiger partial charge is 0.269 e. The molecule has 0 N–H and O–H groups in total. The first-order chi connectivity index (χ1) is 14.7. The number of benzene rings is 3. The summed E-state index contributed by atoms with van der Waals surface area (Å²) in [5, 5.41) is 20.4. The van der Waals surface area contributed by atoms with E-state index in [0.717, 1.165) is 27.7 Å². The van der Waals surface area contributed by atoms with E-state index in [1.54, 1.807) is 19.2 Å². The minimum absolute atomic E-state index is 0.0801.